The van der Waals surface area contributed by atoms with Gasteiger partial charge < -0.3 is 10.6 Å². The van der Waals surface area contributed by atoms with Gasteiger partial charge in [0.15, 0.2) is 0 Å². The normalized spacial score (nSPS) is 10.1. The Labute approximate surface area is 242 Å². The van der Waals surface area contributed by atoms with Crippen molar-refractivity contribution in [1.82, 2.24) is 21.7 Å². The highest BCUT2D eigenvalue weighted by atomic mass is 16.2. The Morgan fingerprint density at radius 2 is 0.667 bits per heavy atom. The summed E-state index contributed by atoms with van der Waals surface area (Å²) in [5.74, 6) is -2.57. The number of amides is 6. The van der Waals surface area contributed by atoms with E-state index in [1.54, 1.807) is 24.3 Å². The summed E-state index contributed by atoms with van der Waals surface area (Å²) in [6.07, 6.45) is 2.24. The Kier molecular flexibility index (Phi) is 11.3. The van der Waals surface area contributed by atoms with Crippen LogP contribution in [-0.4, -0.2) is 35.4 Å². The van der Waals surface area contributed by atoms with Crippen LogP contribution in [0.15, 0.2) is 72.8 Å². The molecule has 0 aliphatic heterocycles. The molecule has 3 rings (SSSR count). The van der Waals surface area contributed by atoms with Crippen LogP contribution in [0, 0.1) is 0 Å². The zero-order chi connectivity index (χ0) is 30.5. The van der Waals surface area contributed by atoms with Gasteiger partial charge in [-0.1, -0.05) is 13.8 Å². The molecule has 0 unspecified atom stereocenters. The molecule has 0 saturated carbocycles. The summed E-state index contributed by atoms with van der Waals surface area (Å²) in [7, 11) is 0. The first kappa shape index (κ1) is 31.0. The van der Waals surface area contributed by atoms with Crippen molar-refractivity contribution in [2.75, 3.05) is 10.6 Å². The molecule has 0 saturated heterocycles. The van der Waals surface area contributed by atoms with Crippen LogP contribution in [0.4, 0.5) is 11.4 Å². The lowest BCUT2D eigenvalue weighted by molar-refractivity contribution is -0.117. The standard InChI is InChI=1S/C30H32N6O6/c1-3-5-25(37)31-23-15-11-21(12-16-23)29(41)35-33-27(39)19-7-9-20(10-8-19)28(40)34-36-30(42)22-13-17-24(18-14-22)32-26(38)6-4-2/h7-18H,3-6H2,1-2H3,(H,31,37)(H,32,38)(H,33,39)(H,34,40)(H,35,41)(H,36,42). The van der Waals surface area contributed by atoms with Crippen LogP contribution in [0.5, 0.6) is 0 Å². The SMILES string of the molecule is CCCC(=O)Nc1ccc(C(=O)NNC(=O)c2ccc(C(=O)NNC(=O)c3ccc(NC(=O)CCC)cc3)cc2)cc1. The number of rotatable bonds is 10. The highest BCUT2D eigenvalue weighted by Crippen LogP contribution is 2.12. The van der Waals surface area contributed by atoms with E-state index in [1.165, 1.54) is 48.5 Å². The minimum absolute atomic E-state index is 0.118. The van der Waals surface area contributed by atoms with E-state index >= 15 is 0 Å². The maximum atomic E-state index is 12.4. The van der Waals surface area contributed by atoms with Gasteiger partial charge in [0.05, 0.1) is 0 Å². The third-order valence-electron chi connectivity index (χ3n) is 5.80. The van der Waals surface area contributed by atoms with E-state index in [2.05, 4.69) is 32.3 Å². The average Bonchev–Trinajstić information content (AvgIpc) is 2.99. The summed E-state index contributed by atoms with van der Waals surface area (Å²) in [5.41, 5.74) is 11.2. The summed E-state index contributed by atoms with van der Waals surface area (Å²) in [5, 5.41) is 5.45. The van der Waals surface area contributed by atoms with Gasteiger partial charge in [-0.2, -0.15) is 0 Å². The van der Waals surface area contributed by atoms with E-state index in [1.807, 2.05) is 13.8 Å². The van der Waals surface area contributed by atoms with Crippen LogP contribution in [0.2, 0.25) is 0 Å². The summed E-state index contributed by atoms with van der Waals surface area (Å²) in [6.45, 7) is 3.80. The molecule has 0 aliphatic rings. The maximum Gasteiger partial charge on any atom is 0.269 e. The lowest BCUT2D eigenvalue weighted by Gasteiger charge is -2.10. The third kappa shape index (κ3) is 9.30. The molecule has 6 N–H and O–H groups in total. The van der Waals surface area contributed by atoms with Crippen molar-refractivity contribution < 1.29 is 28.8 Å². The van der Waals surface area contributed by atoms with Crippen molar-refractivity contribution in [3.63, 3.8) is 0 Å². The lowest BCUT2D eigenvalue weighted by Crippen LogP contribution is -2.42. The van der Waals surface area contributed by atoms with Gasteiger partial charge in [-0.25, -0.2) is 0 Å². The van der Waals surface area contributed by atoms with Crippen molar-refractivity contribution in [2.24, 2.45) is 0 Å². The minimum Gasteiger partial charge on any atom is -0.326 e. The van der Waals surface area contributed by atoms with Crippen molar-refractivity contribution in [1.29, 1.82) is 0 Å². The second-order valence-corrected chi connectivity index (χ2v) is 9.14. The fraction of sp³-hybridized carbons (Fsp3) is 0.200. The predicted molar refractivity (Wildman–Crippen MR) is 156 cm³/mol. The highest BCUT2D eigenvalue weighted by Gasteiger charge is 2.13. The predicted octanol–water partition coefficient (Wildman–Crippen LogP) is 3.31. The monoisotopic (exact) mass is 572 g/mol. The van der Waals surface area contributed by atoms with E-state index in [0.29, 0.717) is 24.2 Å². The second kappa shape index (κ2) is 15.3. The highest BCUT2D eigenvalue weighted by molar-refractivity contribution is 6.02. The van der Waals surface area contributed by atoms with Crippen LogP contribution in [0.3, 0.4) is 0 Å². The lowest BCUT2D eigenvalue weighted by atomic mass is 10.1. The third-order valence-corrected chi connectivity index (χ3v) is 5.80. The van der Waals surface area contributed by atoms with Crippen molar-refractivity contribution in [3.05, 3.63) is 95.1 Å². The summed E-state index contributed by atoms with van der Waals surface area (Å²) < 4.78 is 0. The molecule has 0 heterocycles. The number of carbonyl (C=O) groups excluding carboxylic acids is 6. The molecule has 0 atom stereocenters. The van der Waals surface area contributed by atoms with E-state index in [-0.39, 0.29) is 34.1 Å². The number of hydrazine groups is 2. The summed E-state index contributed by atoms with van der Waals surface area (Å²) in [4.78, 5) is 72.9. The topological polar surface area (TPSA) is 175 Å². The Bertz CT molecular complexity index is 1330. The Balaban J connectivity index is 1.45. The Morgan fingerprint density at radius 3 is 0.905 bits per heavy atom. The number of benzene rings is 3. The van der Waals surface area contributed by atoms with Gasteiger partial charge in [0.25, 0.3) is 23.6 Å². The summed E-state index contributed by atoms with van der Waals surface area (Å²) >= 11 is 0. The van der Waals surface area contributed by atoms with Gasteiger partial charge >= 0.3 is 0 Å². The molecule has 3 aromatic carbocycles. The van der Waals surface area contributed by atoms with Crippen LogP contribution < -0.4 is 32.3 Å². The van der Waals surface area contributed by atoms with Crippen LogP contribution in [0.25, 0.3) is 0 Å². The molecule has 12 heteroatoms. The van der Waals surface area contributed by atoms with E-state index < -0.39 is 23.6 Å². The molecule has 0 fully saturated rings. The molecule has 12 nitrogen and oxygen atoms in total. The number of hydrogen-bond acceptors (Lipinski definition) is 6. The summed E-state index contributed by atoms with van der Waals surface area (Å²) in [6, 6.07) is 17.9. The van der Waals surface area contributed by atoms with Gasteiger partial charge in [0, 0.05) is 46.5 Å². The van der Waals surface area contributed by atoms with E-state index in [0.717, 1.165) is 12.8 Å². The minimum atomic E-state index is -0.610. The molecule has 3 aromatic rings. The Morgan fingerprint density at radius 1 is 0.429 bits per heavy atom. The molecule has 6 amide bonds. The van der Waals surface area contributed by atoms with Crippen LogP contribution >= 0.6 is 0 Å². The molecule has 0 bridgehead atoms. The molecule has 0 radical (unpaired) electrons. The average molecular weight is 573 g/mol. The number of nitrogens with one attached hydrogen (secondary N) is 6. The van der Waals surface area contributed by atoms with E-state index in [9.17, 15) is 28.8 Å². The molecule has 42 heavy (non-hydrogen) atoms. The molecule has 218 valence electrons. The number of anilines is 2. The number of hydrogen-bond donors (Lipinski definition) is 6. The second-order valence-electron chi connectivity index (χ2n) is 9.14. The van der Waals surface area contributed by atoms with E-state index in [4.69, 9.17) is 0 Å². The fourth-order valence-electron chi connectivity index (χ4n) is 3.60. The quantitative estimate of drug-likeness (QED) is 0.203. The fourth-order valence-corrected chi connectivity index (χ4v) is 3.60. The van der Waals surface area contributed by atoms with Crippen molar-refractivity contribution in [2.45, 2.75) is 39.5 Å². The van der Waals surface area contributed by atoms with Crippen LogP contribution in [0.1, 0.15) is 81.0 Å². The maximum absolute atomic E-state index is 12.4. The molecule has 0 spiro atoms. The molecular weight excluding hydrogens is 540 g/mol. The first-order chi connectivity index (χ1) is 20.2. The van der Waals surface area contributed by atoms with Gasteiger partial charge in [-0.3, -0.25) is 50.5 Å². The Hall–Kier alpha value is -5.52. The zero-order valence-electron chi connectivity index (χ0n) is 23.2. The molecule has 0 aliphatic carbocycles. The molecular formula is C30H32N6O6. The van der Waals surface area contributed by atoms with Crippen molar-refractivity contribution in [3.8, 4) is 0 Å². The first-order valence-corrected chi connectivity index (χ1v) is 13.3. The molecule has 0 aromatic heterocycles. The largest absolute Gasteiger partial charge is 0.326 e. The van der Waals surface area contributed by atoms with Crippen LogP contribution in [-0.2, 0) is 9.59 Å². The van der Waals surface area contributed by atoms with Gasteiger partial charge in [-0.05, 0) is 85.6 Å². The zero-order valence-corrected chi connectivity index (χ0v) is 23.2. The van der Waals surface area contributed by atoms with Gasteiger partial charge in [0.2, 0.25) is 11.8 Å². The van der Waals surface area contributed by atoms with Crippen molar-refractivity contribution >= 4 is 46.8 Å². The first-order valence-electron chi connectivity index (χ1n) is 13.3. The number of carbonyl (C=O) groups is 6. The smallest absolute Gasteiger partial charge is 0.269 e. The van der Waals surface area contributed by atoms with Gasteiger partial charge in [0.1, 0.15) is 0 Å². The van der Waals surface area contributed by atoms with Gasteiger partial charge in [-0.15, -0.1) is 0 Å².